The molecule has 1 aromatic heterocycles. The largest absolute Gasteiger partial charge is 0.340 e. The van der Waals surface area contributed by atoms with Gasteiger partial charge in [0, 0.05) is 37.1 Å². The van der Waals surface area contributed by atoms with Gasteiger partial charge in [0.1, 0.15) is 0 Å². The maximum absolute atomic E-state index is 12.5. The average molecular weight is 295 g/mol. The second-order valence-electron chi connectivity index (χ2n) is 5.56. The summed E-state index contributed by atoms with van der Waals surface area (Å²) in [5, 5.41) is 5.43. The van der Waals surface area contributed by atoms with Gasteiger partial charge in [0.05, 0.1) is 6.54 Å². The van der Waals surface area contributed by atoms with Gasteiger partial charge in [0.2, 0.25) is 5.91 Å². The van der Waals surface area contributed by atoms with Crippen LogP contribution < -0.4 is 5.32 Å². The molecule has 2 heterocycles. The van der Waals surface area contributed by atoms with Crippen LogP contribution in [0.5, 0.6) is 0 Å². The van der Waals surface area contributed by atoms with Crippen LogP contribution in [0.15, 0.2) is 17.5 Å². The van der Waals surface area contributed by atoms with Crippen molar-refractivity contribution in [1.29, 1.82) is 0 Å². The summed E-state index contributed by atoms with van der Waals surface area (Å²) in [4.78, 5) is 18.0. The third kappa shape index (κ3) is 4.58. The number of nitrogens with zero attached hydrogens (tertiary/aromatic N) is 2. The molecular weight excluding hydrogens is 270 g/mol. The highest BCUT2D eigenvalue weighted by Crippen LogP contribution is 2.14. The monoisotopic (exact) mass is 295 g/mol. The molecule has 112 valence electrons. The molecule has 1 aliphatic heterocycles. The van der Waals surface area contributed by atoms with Crippen molar-refractivity contribution in [3.8, 4) is 0 Å². The van der Waals surface area contributed by atoms with Crippen LogP contribution in [0.25, 0.3) is 0 Å². The van der Waals surface area contributed by atoms with E-state index in [0.717, 1.165) is 39.1 Å². The van der Waals surface area contributed by atoms with E-state index in [1.165, 1.54) is 4.88 Å². The van der Waals surface area contributed by atoms with Gasteiger partial charge in [-0.05, 0) is 38.3 Å². The standard InChI is InChI=1S/C15H25N3OS/c1-13(2)18(11-14-5-3-10-20-14)12-15(19)17-8-4-6-16-7-9-17/h3,5,10,13,16H,4,6-9,11-12H2,1-2H3. The van der Waals surface area contributed by atoms with Crippen LogP contribution in [0.4, 0.5) is 0 Å². The van der Waals surface area contributed by atoms with Crippen molar-refractivity contribution in [3.63, 3.8) is 0 Å². The molecule has 0 saturated carbocycles. The van der Waals surface area contributed by atoms with E-state index < -0.39 is 0 Å². The first-order valence-corrected chi connectivity index (χ1v) is 8.29. The minimum Gasteiger partial charge on any atom is -0.340 e. The molecule has 0 aromatic carbocycles. The molecule has 4 nitrogen and oxygen atoms in total. The molecule has 1 N–H and O–H groups in total. The number of rotatable bonds is 5. The van der Waals surface area contributed by atoms with E-state index in [-0.39, 0.29) is 5.91 Å². The van der Waals surface area contributed by atoms with Crippen LogP contribution in [-0.2, 0) is 11.3 Å². The number of hydrogen-bond donors (Lipinski definition) is 1. The lowest BCUT2D eigenvalue weighted by atomic mass is 10.2. The van der Waals surface area contributed by atoms with Crippen LogP contribution in [-0.4, -0.2) is 54.5 Å². The lowest BCUT2D eigenvalue weighted by molar-refractivity contribution is -0.132. The fraction of sp³-hybridized carbons (Fsp3) is 0.667. The van der Waals surface area contributed by atoms with Gasteiger partial charge in [-0.3, -0.25) is 9.69 Å². The lowest BCUT2D eigenvalue weighted by Gasteiger charge is -2.28. The Kier molecular flexibility index (Phi) is 6.01. The first-order valence-electron chi connectivity index (χ1n) is 7.41. The van der Waals surface area contributed by atoms with E-state index in [9.17, 15) is 4.79 Å². The zero-order valence-corrected chi connectivity index (χ0v) is 13.3. The second-order valence-corrected chi connectivity index (χ2v) is 6.59. The number of thiophene rings is 1. The maximum atomic E-state index is 12.5. The van der Waals surface area contributed by atoms with Gasteiger partial charge < -0.3 is 10.2 Å². The Hall–Kier alpha value is -0.910. The summed E-state index contributed by atoms with van der Waals surface area (Å²) in [5.41, 5.74) is 0. The van der Waals surface area contributed by atoms with Crippen molar-refractivity contribution in [3.05, 3.63) is 22.4 Å². The fourth-order valence-electron chi connectivity index (χ4n) is 2.39. The number of amides is 1. The molecule has 0 bridgehead atoms. The van der Waals surface area contributed by atoms with Crippen LogP contribution in [0.2, 0.25) is 0 Å². The average Bonchev–Trinajstić information content (AvgIpc) is 2.77. The summed E-state index contributed by atoms with van der Waals surface area (Å²) in [5.74, 6) is 0.263. The number of nitrogens with one attached hydrogen (secondary N) is 1. The quantitative estimate of drug-likeness (QED) is 0.899. The maximum Gasteiger partial charge on any atom is 0.236 e. The van der Waals surface area contributed by atoms with E-state index in [1.54, 1.807) is 11.3 Å². The predicted molar refractivity (Wildman–Crippen MR) is 83.9 cm³/mol. The summed E-state index contributed by atoms with van der Waals surface area (Å²) < 4.78 is 0. The van der Waals surface area contributed by atoms with Gasteiger partial charge in [0.25, 0.3) is 0 Å². The van der Waals surface area contributed by atoms with E-state index in [4.69, 9.17) is 0 Å². The summed E-state index contributed by atoms with van der Waals surface area (Å²) in [6, 6.07) is 4.59. The topological polar surface area (TPSA) is 35.6 Å². The number of hydrogen-bond acceptors (Lipinski definition) is 4. The second kappa shape index (κ2) is 7.76. The van der Waals surface area contributed by atoms with Gasteiger partial charge in [0.15, 0.2) is 0 Å². The van der Waals surface area contributed by atoms with Gasteiger partial charge in [-0.25, -0.2) is 0 Å². The Morgan fingerprint density at radius 3 is 3.00 bits per heavy atom. The third-order valence-corrected chi connectivity index (χ3v) is 4.56. The first kappa shape index (κ1) is 15.5. The van der Waals surface area contributed by atoms with Crippen molar-refractivity contribution in [2.24, 2.45) is 0 Å². The first-order chi connectivity index (χ1) is 9.66. The summed E-state index contributed by atoms with van der Waals surface area (Å²) >= 11 is 1.76. The molecule has 0 unspecified atom stereocenters. The Bertz CT molecular complexity index is 397. The molecule has 20 heavy (non-hydrogen) atoms. The lowest BCUT2D eigenvalue weighted by Crippen LogP contribution is -2.43. The molecule has 1 aromatic rings. The number of carbonyl (C=O) groups excluding carboxylic acids is 1. The minimum atomic E-state index is 0.263. The van der Waals surface area contributed by atoms with Gasteiger partial charge >= 0.3 is 0 Å². The SMILES string of the molecule is CC(C)N(CC(=O)N1CCCNCC1)Cc1cccs1. The molecule has 1 fully saturated rings. The Labute approximate surface area is 125 Å². The fourth-order valence-corrected chi connectivity index (χ4v) is 3.12. The van der Waals surface area contributed by atoms with E-state index in [1.807, 2.05) is 4.90 Å². The predicted octanol–water partition coefficient (Wildman–Crippen LogP) is 1.78. The van der Waals surface area contributed by atoms with Crippen molar-refractivity contribution < 1.29 is 4.79 Å². The summed E-state index contributed by atoms with van der Waals surface area (Å²) in [6.07, 6.45) is 1.05. The summed E-state index contributed by atoms with van der Waals surface area (Å²) in [6.45, 7) is 9.37. The molecule has 1 saturated heterocycles. The Balaban J connectivity index is 1.91. The molecule has 0 spiro atoms. The smallest absolute Gasteiger partial charge is 0.236 e. The van der Waals surface area contributed by atoms with Crippen LogP contribution in [0.3, 0.4) is 0 Å². The molecular formula is C15H25N3OS. The van der Waals surface area contributed by atoms with E-state index in [2.05, 4.69) is 41.6 Å². The Morgan fingerprint density at radius 1 is 1.45 bits per heavy atom. The van der Waals surface area contributed by atoms with Gasteiger partial charge in [-0.2, -0.15) is 0 Å². The van der Waals surface area contributed by atoms with Crippen molar-refractivity contribution in [1.82, 2.24) is 15.1 Å². The molecule has 0 aliphatic carbocycles. The highest BCUT2D eigenvalue weighted by Gasteiger charge is 2.20. The van der Waals surface area contributed by atoms with Crippen LogP contribution >= 0.6 is 11.3 Å². The van der Waals surface area contributed by atoms with Gasteiger partial charge in [-0.1, -0.05) is 6.07 Å². The molecule has 2 rings (SSSR count). The van der Waals surface area contributed by atoms with E-state index >= 15 is 0 Å². The zero-order chi connectivity index (χ0) is 14.4. The number of carbonyl (C=O) groups is 1. The highest BCUT2D eigenvalue weighted by molar-refractivity contribution is 7.09. The normalized spacial score (nSPS) is 16.7. The highest BCUT2D eigenvalue weighted by atomic mass is 32.1. The van der Waals surface area contributed by atoms with Crippen LogP contribution in [0.1, 0.15) is 25.1 Å². The molecule has 0 radical (unpaired) electrons. The van der Waals surface area contributed by atoms with Crippen molar-refractivity contribution in [2.45, 2.75) is 32.9 Å². The molecule has 0 atom stereocenters. The molecule has 5 heteroatoms. The van der Waals surface area contributed by atoms with Crippen LogP contribution in [0, 0.1) is 0 Å². The minimum absolute atomic E-state index is 0.263. The molecule has 1 amide bonds. The molecule has 1 aliphatic rings. The summed E-state index contributed by atoms with van der Waals surface area (Å²) in [7, 11) is 0. The Morgan fingerprint density at radius 2 is 2.30 bits per heavy atom. The van der Waals surface area contributed by atoms with E-state index in [0.29, 0.717) is 12.6 Å². The van der Waals surface area contributed by atoms with Gasteiger partial charge in [-0.15, -0.1) is 11.3 Å². The zero-order valence-electron chi connectivity index (χ0n) is 12.5. The van der Waals surface area contributed by atoms with Crippen molar-refractivity contribution >= 4 is 17.2 Å². The third-order valence-electron chi connectivity index (χ3n) is 3.70. The van der Waals surface area contributed by atoms with Crippen molar-refractivity contribution in [2.75, 3.05) is 32.7 Å².